The number of carbonyl (C=O) groups excluding carboxylic acids is 2. The van der Waals surface area contributed by atoms with Crippen molar-refractivity contribution < 1.29 is 9.59 Å². The Bertz CT molecular complexity index is 1260. The van der Waals surface area contributed by atoms with Crippen molar-refractivity contribution >= 4 is 60.7 Å². The van der Waals surface area contributed by atoms with Crippen molar-refractivity contribution in [1.29, 1.82) is 0 Å². The van der Waals surface area contributed by atoms with Crippen molar-refractivity contribution in [3.05, 3.63) is 74.4 Å². The standard InChI is InChI=1S/C23H22BrN7O2S2/c24-16-10-11-17(25-14-16)13-19(33)27-23-31-29-21(35-23)9-5-4-8-20-28-30-22(34-20)26-18(32)12-15-6-2-1-3-7-15/h1-3,6-7,10-11,14H,4-5,8-9,12-13H2,(H,26,30,32)(H,27,31,33). The highest BCUT2D eigenvalue weighted by Gasteiger charge is 2.11. The predicted molar refractivity (Wildman–Crippen MR) is 140 cm³/mol. The molecule has 3 heterocycles. The summed E-state index contributed by atoms with van der Waals surface area (Å²) in [5.41, 5.74) is 1.64. The van der Waals surface area contributed by atoms with E-state index in [-0.39, 0.29) is 18.2 Å². The Balaban J connectivity index is 1.15. The van der Waals surface area contributed by atoms with Gasteiger partial charge in [0.05, 0.1) is 12.8 Å². The largest absolute Gasteiger partial charge is 0.300 e. The molecular weight excluding hydrogens is 550 g/mol. The van der Waals surface area contributed by atoms with Crippen LogP contribution in [0.5, 0.6) is 0 Å². The van der Waals surface area contributed by atoms with Crippen molar-refractivity contribution in [3.8, 4) is 0 Å². The van der Waals surface area contributed by atoms with Gasteiger partial charge >= 0.3 is 0 Å². The fraction of sp³-hybridized carbons (Fsp3) is 0.261. The van der Waals surface area contributed by atoms with E-state index in [1.807, 2.05) is 36.4 Å². The van der Waals surface area contributed by atoms with Gasteiger partial charge in [-0.2, -0.15) is 0 Å². The van der Waals surface area contributed by atoms with Gasteiger partial charge in [-0.3, -0.25) is 14.6 Å². The van der Waals surface area contributed by atoms with E-state index in [0.717, 1.165) is 45.7 Å². The van der Waals surface area contributed by atoms with Crippen LogP contribution in [0, 0.1) is 0 Å². The number of nitrogens with zero attached hydrogens (tertiary/aromatic N) is 5. The van der Waals surface area contributed by atoms with E-state index in [1.165, 1.54) is 22.7 Å². The first-order valence-corrected chi connectivity index (χ1v) is 13.3. The van der Waals surface area contributed by atoms with Gasteiger partial charge in [0.15, 0.2) is 0 Å². The maximum absolute atomic E-state index is 12.2. The van der Waals surface area contributed by atoms with E-state index in [9.17, 15) is 9.59 Å². The fourth-order valence-corrected chi connectivity index (χ4v) is 4.98. The number of aryl methyl sites for hydroxylation is 2. The molecule has 4 aromatic rings. The van der Waals surface area contributed by atoms with E-state index in [2.05, 4.69) is 51.9 Å². The van der Waals surface area contributed by atoms with E-state index >= 15 is 0 Å². The average Bonchev–Trinajstić information content (AvgIpc) is 3.48. The quantitative estimate of drug-likeness (QED) is 0.254. The lowest BCUT2D eigenvalue weighted by atomic mass is 10.1. The molecule has 180 valence electrons. The number of hydrogen-bond acceptors (Lipinski definition) is 9. The maximum atomic E-state index is 12.2. The summed E-state index contributed by atoms with van der Waals surface area (Å²) in [5.74, 6) is -0.281. The minimum atomic E-state index is -0.176. The molecule has 0 bridgehead atoms. The molecule has 0 fully saturated rings. The van der Waals surface area contributed by atoms with Gasteiger partial charge < -0.3 is 10.6 Å². The molecule has 3 aromatic heterocycles. The first-order valence-electron chi connectivity index (χ1n) is 10.9. The first kappa shape index (κ1) is 25.0. The third-order valence-electron chi connectivity index (χ3n) is 4.80. The number of halogens is 1. The molecule has 0 aliphatic carbocycles. The van der Waals surface area contributed by atoms with Gasteiger partial charge in [0.2, 0.25) is 22.1 Å². The number of carbonyl (C=O) groups is 2. The molecule has 9 nitrogen and oxygen atoms in total. The monoisotopic (exact) mass is 571 g/mol. The lowest BCUT2D eigenvalue weighted by Gasteiger charge is -2.01. The summed E-state index contributed by atoms with van der Waals surface area (Å²) in [7, 11) is 0. The Morgan fingerprint density at radius 2 is 1.37 bits per heavy atom. The lowest BCUT2D eigenvalue weighted by Crippen LogP contribution is -2.14. The third kappa shape index (κ3) is 8.26. The molecule has 0 saturated heterocycles. The van der Waals surface area contributed by atoms with E-state index in [1.54, 1.807) is 12.3 Å². The van der Waals surface area contributed by atoms with Crippen molar-refractivity contribution in [2.75, 3.05) is 10.6 Å². The number of unbranched alkanes of at least 4 members (excludes halogenated alkanes) is 1. The summed E-state index contributed by atoms with van der Waals surface area (Å²) in [5, 5.41) is 24.8. The van der Waals surface area contributed by atoms with Crippen LogP contribution in [0.1, 0.15) is 34.1 Å². The van der Waals surface area contributed by atoms with Crippen molar-refractivity contribution in [1.82, 2.24) is 25.4 Å². The van der Waals surface area contributed by atoms with Gasteiger partial charge in [0.1, 0.15) is 10.0 Å². The zero-order valence-corrected chi connectivity index (χ0v) is 21.8. The van der Waals surface area contributed by atoms with E-state index < -0.39 is 0 Å². The zero-order chi connectivity index (χ0) is 24.5. The van der Waals surface area contributed by atoms with Gasteiger partial charge in [0.25, 0.3) is 0 Å². The van der Waals surface area contributed by atoms with Gasteiger partial charge in [-0.1, -0.05) is 53.0 Å². The summed E-state index contributed by atoms with van der Waals surface area (Å²) >= 11 is 6.10. The van der Waals surface area contributed by atoms with Gasteiger partial charge in [0, 0.05) is 29.2 Å². The molecule has 0 atom stereocenters. The van der Waals surface area contributed by atoms with Crippen LogP contribution in [-0.4, -0.2) is 37.2 Å². The van der Waals surface area contributed by atoms with Crippen LogP contribution in [0.25, 0.3) is 0 Å². The molecule has 4 rings (SSSR count). The van der Waals surface area contributed by atoms with Crippen LogP contribution in [0.2, 0.25) is 0 Å². The molecule has 0 aliphatic rings. The van der Waals surface area contributed by atoms with Crippen LogP contribution >= 0.6 is 38.6 Å². The molecule has 0 spiro atoms. The van der Waals surface area contributed by atoms with Gasteiger partial charge in [-0.15, -0.1) is 20.4 Å². The molecule has 2 N–H and O–H groups in total. The molecule has 0 unspecified atom stereocenters. The number of benzene rings is 1. The summed E-state index contributed by atoms with van der Waals surface area (Å²) in [6, 6.07) is 13.2. The first-order chi connectivity index (χ1) is 17.0. The fourth-order valence-electron chi connectivity index (χ4n) is 3.15. The van der Waals surface area contributed by atoms with E-state index in [4.69, 9.17) is 0 Å². The van der Waals surface area contributed by atoms with Gasteiger partial charge in [-0.05, 0) is 46.5 Å². The smallest absolute Gasteiger partial charge is 0.232 e. The molecule has 0 saturated carbocycles. The number of amides is 2. The maximum Gasteiger partial charge on any atom is 0.232 e. The van der Waals surface area contributed by atoms with Crippen molar-refractivity contribution in [2.24, 2.45) is 0 Å². The summed E-state index contributed by atoms with van der Waals surface area (Å²) in [6.07, 6.45) is 5.50. The third-order valence-corrected chi connectivity index (χ3v) is 7.06. The second kappa shape index (κ2) is 12.6. The number of rotatable bonds is 11. The zero-order valence-electron chi connectivity index (χ0n) is 18.6. The SMILES string of the molecule is O=C(Cc1ccccc1)Nc1nnc(CCCCc2nnc(NC(=O)Cc3ccc(Br)cn3)s2)s1. The predicted octanol–water partition coefficient (Wildman–Crippen LogP) is 4.47. The molecule has 35 heavy (non-hydrogen) atoms. The van der Waals surface area contributed by atoms with Crippen LogP contribution in [0.4, 0.5) is 10.3 Å². The second-order valence-electron chi connectivity index (χ2n) is 7.61. The molecule has 1 aromatic carbocycles. The number of nitrogens with one attached hydrogen (secondary N) is 2. The van der Waals surface area contributed by atoms with Crippen LogP contribution in [0.3, 0.4) is 0 Å². The van der Waals surface area contributed by atoms with Crippen molar-refractivity contribution in [2.45, 2.75) is 38.5 Å². The van der Waals surface area contributed by atoms with Crippen LogP contribution in [-0.2, 0) is 35.3 Å². The Hall–Kier alpha value is -3.09. The Morgan fingerprint density at radius 1 is 0.771 bits per heavy atom. The highest BCUT2D eigenvalue weighted by molar-refractivity contribution is 9.10. The normalized spacial score (nSPS) is 10.8. The highest BCUT2D eigenvalue weighted by Crippen LogP contribution is 2.20. The number of anilines is 2. The summed E-state index contributed by atoms with van der Waals surface area (Å²) in [6.45, 7) is 0. The Morgan fingerprint density at radius 3 is 1.94 bits per heavy atom. The van der Waals surface area contributed by atoms with Crippen molar-refractivity contribution in [3.63, 3.8) is 0 Å². The summed E-state index contributed by atoms with van der Waals surface area (Å²) < 4.78 is 0.868. The number of hydrogen-bond donors (Lipinski definition) is 2. The molecular formula is C23H22BrN7O2S2. The molecule has 2 amide bonds. The lowest BCUT2D eigenvalue weighted by molar-refractivity contribution is -0.116. The highest BCUT2D eigenvalue weighted by atomic mass is 79.9. The second-order valence-corrected chi connectivity index (χ2v) is 10.7. The van der Waals surface area contributed by atoms with E-state index in [0.29, 0.717) is 22.4 Å². The number of aromatic nitrogens is 5. The minimum absolute atomic E-state index is 0.105. The molecule has 12 heteroatoms. The molecule has 0 aliphatic heterocycles. The topological polar surface area (TPSA) is 123 Å². The Kier molecular flexibility index (Phi) is 8.98. The molecule has 0 radical (unpaired) electrons. The number of pyridine rings is 1. The van der Waals surface area contributed by atoms with Crippen LogP contribution in [0.15, 0.2) is 53.1 Å². The minimum Gasteiger partial charge on any atom is -0.300 e. The van der Waals surface area contributed by atoms with Gasteiger partial charge in [-0.25, -0.2) is 0 Å². The van der Waals surface area contributed by atoms with Crippen LogP contribution < -0.4 is 10.6 Å². The average molecular weight is 573 g/mol. The summed E-state index contributed by atoms with van der Waals surface area (Å²) in [4.78, 5) is 28.6. The Labute approximate surface area is 218 Å².